The van der Waals surface area contributed by atoms with Crippen molar-refractivity contribution in [3.63, 3.8) is 0 Å². The molecule has 0 bridgehead atoms. The molecule has 0 fully saturated rings. The zero-order chi connectivity index (χ0) is 13.4. The molecule has 0 aliphatic heterocycles. The fourth-order valence-electron chi connectivity index (χ4n) is 2.72. The van der Waals surface area contributed by atoms with Crippen LogP contribution in [-0.4, -0.2) is 15.6 Å². The van der Waals surface area contributed by atoms with Gasteiger partial charge in [-0.2, -0.15) is 5.10 Å². The molecule has 1 aliphatic carbocycles. The standard InChI is InChI=1S/C16H18N2O/c1-11-7-8-12(2)15(9-11)18-14-5-3-4-6-16(19)13(14)10-17-18/h7-10H,3-6H2,1-2H3. The van der Waals surface area contributed by atoms with E-state index in [9.17, 15) is 4.79 Å². The molecule has 3 rings (SSSR count). The molecule has 98 valence electrons. The van der Waals surface area contributed by atoms with Gasteiger partial charge in [-0.1, -0.05) is 12.1 Å². The second-order valence-corrected chi connectivity index (χ2v) is 5.34. The first kappa shape index (κ1) is 12.2. The Morgan fingerprint density at radius 1 is 1.16 bits per heavy atom. The molecule has 1 aliphatic rings. The van der Waals surface area contributed by atoms with Crippen LogP contribution in [0.15, 0.2) is 24.4 Å². The average Bonchev–Trinajstić information content (AvgIpc) is 2.72. The van der Waals surface area contributed by atoms with Gasteiger partial charge in [-0.25, -0.2) is 4.68 Å². The van der Waals surface area contributed by atoms with Crippen molar-refractivity contribution in [2.24, 2.45) is 0 Å². The molecule has 0 saturated carbocycles. The first-order valence-electron chi connectivity index (χ1n) is 6.84. The SMILES string of the molecule is Cc1ccc(C)c(-n2ncc3c2CCCCC3=O)c1. The zero-order valence-electron chi connectivity index (χ0n) is 11.4. The Hall–Kier alpha value is -1.90. The summed E-state index contributed by atoms with van der Waals surface area (Å²) in [6.45, 7) is 4.16. The van der Waals surface area contributed by atoms with Gasteiger partial charge in [0.15, 0.2) is 5.78 Å². The van der Waals surface area contributed by atoms with Crippen LogP contribution in [0.4, 0.5) is 0 Å². The predicted octanol–water partition coefficient (Wildman–Crippen LogP) is 3.40. The third-order valence-corrected chi connectivity index (χ3v) is 3.83. The molecule has 0 atom stereocenters. The highest BCUT2D eigenvalue weighted by atomic mass is 16.1. The summed E-state index contributed by atoms with van der Waals surface area (Å²) in [5, 5.41) is 4.46. The summed E-state index contributed by atoms with van der Waals surface area (Å²) in [5.41, 5.74) is 5.39. The van der Waals surface area contributed by atoms with Gasteiger partial charge in [0.05, 0.1) is 23.1 Å². The second-order valence-electron chi connectivity index (χ2n) is 5.34. The normalized spacial score (nSPS) is 15.2. The molecule has 1 heterocycles. The summed E-state index contributed by atoms with van der Waals surface area (Å²) in [7, 11) is 0. The minimum absolute atomic E-state index is 0.240. The fourth-order valence-corrected chi connectivity index (χ4v) is 2.72. The lowest BCUT2D eigenvalue weighted by Crippen LogP contribution is -2.06. The smallest absolute Gasteiger partial charge is 0.166 e. The molecule has 1 aromatic heterocycles. The van der Waals surface area contributed by atoms with E-state index < -0.39 is 0 Å². The lowest BCUT2D eigenvalue weighted by molar-refractivity contribution is 0.0982. The van der Waals surface area contributed by atoms with Crippen LogP contribution >= 0.6 is 0 Å². The highest BCUT2D eigenvalue weighted by molar-refractivity contribution is 5.97. The molecule has 0 saturated heterocycles. The predicted molar refractivity (Wildman–Crippen MR) is 74.9 cm³/mol. The number of aromatic nitrogens is 2. The van der Waals surface area contributed by atoms with E-state index in [1.807, 2.05) is 4.68 Å². The van der Waals surface area contributed by atoms with Crippen LogP contribution in [-0.2, 0) is 6.42 Å². The highest BCUT2D eigenvalue weighted by Gasteiger charge is 2.21. The maximum absolute atomic E-state index is 12.0. The number of carbonyl (C=O) groups excluding carboxylic acids is 1. The van der Waals surface area contributed by atoms with Crippen LogP contribution in [0.1, 0.15) is 46.4 Å². The maximum Gasteiger partial charge on any atom is 0.166 e. The number of aryl methyl sites for hydroxylation is 2. The van der Waals surface area contributed by atoms with Crippen molar-refractivity contribution in [3.05, 3.63) is 46.8 Å². The monoisotopic (exact) mass is 254 g/mol. The summed E-state index contributed by atoms with van der Waals surface area (Å²) in [4.78, 5) is 12.0. The number of ketones is 1. The van der Waals surface area contributed by atoms with Crippen LogP contribution in [0.25, 0.3) is 5.69 Å². The Labute approximate surface area is 113 Å². The van der Waals surface area contributed by atoms with E-state index in [0.29, 0.717) is 6.42 Å². The third kappa shape index (κ3) is 2.09. The van der Waals surface area contributed by atoms with Gasteiger partial charge in [0.25, 0.3) is 0 Å². The van der Waals surface area contributed by atoms with Crippen molar-refractivity contribution in [2.75, 3.05) is 0 Å². The molecular formula is C16H18N2O. The topological polar surface area (TPSA) is 34.9 Å². The second kappa shape index (κ2) is 4.65. The number of benzene rings is 1. The van der Waals surface area contributed by atoms with E-state index in [0.717, 1.165) is 36.2 Å². The quantitative estimate of drug-likeness (QED) is 0.731. The summed E-state index contributed by atoms with van der Waals surface area (Å²) >= 11 is 0. The largest absolute Gasteiger partial charge is 0.294 e. The van der Waals surface area contributed by atoms with Crippen LogP contribution in [0.2, 0.25) is 0 Å². The summed E-state index contributed by atoms with van der Waals surface area (Å²) in [6.07, 6.45) is 5.39. The fraction of sp³-hybridized carbons (Fsp3) is 0.375. The van der Waals surface area contributed by atoms with Gasteiger partial charge < -0.3 is 0 Å². The Morgan fingerprint density at radius 3 is 2.79 bits per heavy atom. The van der Waals surface area contributed by atoms with Crippen molar-refractivity contribution in [2.45, 2.75) is 39.5 Å². The molecule has 0 radical (unpaired) electrons. The molecule has 19 heavy (non-hydrogen) atoms. The number of nitrogens with zero attached hydrogens (tertiary/aromatic N) is 2. The van der Waals surface area contributed by atoms with Gasteiger partial charge in [-0.05, 0) is 50.3 Å². The Morgan fingerprint density at radius 2 is 1.95 bits per heavy atom. The van der Waals surface area contributed by atoms with Crippen LogP contribution < -0.4 is 0 Å². The van der Waals surface area contributed by atoms with Gasteiger partial charge >= 0.3 is 0 Å². The van der Waals surface area contributed by atoms with Gasteiger partial charge in [-0.15, -0.1) is 0 Å². The molecule has 1 aromatic carbocycles. The maximum atomic E-state index is 12.0. The Kier molecular flexibility index (Phi) is 2.97. The van der Waals surface area contributed by atoms with Crippen molar-refractivity contribution in [1.82, 2.24) is 9.78 Å². The van der Waals surface area contributed by atoms with Crippen molar-refractivity contribution >= 4 is 5.78 Å². The zero-order valence-corrected chi connectivity index (χ0v) is 11.4. The number of hydrogen-bond donors (Lipinski definition) is 0. The van der Waals surface area contributed by atoms with Gasteiger partial charge in [0.1, 0.15) is 0 Å². The minimum Gasteiger partial charge on any atom is -0.294 e. The summed E-state index contributed by atoms with van der Waals surface area (Å²) in [6, 6.07) is 6.35. The number of Topliss-reactive ketones (excluding diaryl/α,β-unsaturated/α-hetero) is 1. The molecule has 3 nitrogen and oxygen atoms in total. The molecule has 0 spiro atoms. The molecule has 0 amide bonds. The first-order valence-corrected chi connectivity index (χ1v) is 6.84. The Balaban J connectivity index is 2.16. The Bertz CT molecular complexity index is 640. The molecule has 3 heteroatoms. The molecule has 0 unspecified atom stereocenters. The number of carbonyl (C=O) groups is 1. The van der Waals surface area contributed by atoms with Gasteiger partial charge in [0.2, 0.25) is 0 Å². The summed E-state index contributed by atoms with van der Waals surface area (Å²) in [5.74, 6) is 0.240. The van der Waals surface area contributed by atoms with Crippen LogP contribution in [0, 0.1) is 13.8 Å². The lowest BCUT2D eigenvalue weighted by Gasteiger charge is -2.11. The van der Waals surface area contributed by atoms with Gasteiger partial charge in [-0.3, -0.25) is 4.79 Å². The molecule has 0 N–H and O–H groups in total. The summed E-state index contributed by atoms with van der Waals surface area (Å²) < 4.78 is 1.96. The molecule has 2 aromatic rings. The van der Waals surface area contributed by atoms with Crippen LogP contribution in [0.3, 0.4) is 0 Å². The first-order chi connectivity index (χ1) is 9.16. The van der Waals surface area contributed by atoms with E-state index in [1.54, 1.807) is 6.20 Å². The minimum atomic E-state index is 0.240. The van der Waals surface area contributed by atoms with E-state index >= 15 is 0 Å². The van der Waals surface area contributed by atoms with E-state index in [4.69, 9.17) is 0 Å². The number of fused-ring (bicyclic) bond motifs is 1. The van der Waals surface area contributed by atoms with Crippen molar-refractivity contribution in [3.8, 4) is 5.69 Å². The van der Waals surface area contributed by atoms with E-state index in [2.05, 4.69) is 37.1 Å². The number of rotatable bonds is 1. The van der Waals surface area contributed by atoms with E-state index in [1.165, 1.54) is 11.1 Å². The van der Waals surface area contributed by atoms with Crippen molar-refractivity contribution < 1.29 is 4.79 Å². The highest BCUT2D eigenvalue weighted by Crippen LogP contribution is 2.25. The van der Waals surface area contributed by atoms with Crippen LogP contribution in [0.5, 0.6) is 0 Å². The number of hydrogen-bond acceptors (Lipinski definition) is 2. The lowest BCUT2D eigenvalue weighted by atomic mass is 10.1. The average molecular weight is 254 g/mol. The third-order valence-electron chi connectivity index (χ3n) is 3.83. The molecular weight excluding hydrogens is 236 g/mol. The van der Waals surface area contributed by atoms with E-state index in [-0.39, 0.29) is 5.78 Å². The van der Waals surface area contributed by atoms with Gasteiger partial charge in [0, 0.05) is 6.42 Å². The van der Waals surface area contributed by atoms with Crippen molar-refractivity contribution in [1.29, 1.82) is 0 Å².